The summed E-state index contributed by atoms with van der Waals surface area (Å²) in [4.78, 5) is 0. The molecule has 0 aliphatic heterocycles. The third-order valence-electron chi connectivity index (χ3n) is 3.72. The van der Waals surface area contributed by atoms with E-state index in [4.69, 9.17) is 11.6 Å². The first kappa shape index (κ1) is 31.0. The molecule has 1 aromatic rings. The van der Waals surface area contributed by atoms with Gasteiger partial charge in [0.1, 0.15) is 11.5 Å². The van der Waals surface area contributed by atoms with Gasteiger partial charge in [0, 0.05) is 11.1 Å². The van der Waals surface area contributed by atoms with Crippen LogP contribution >= 0.6 is 11.6 Å². The SMILES string of the molecule is FC(CC(F)(F)F)C(F)(F)C(F)(F)Oc1cc(Cl)cc(OC(F)(F)C(F)(F)C(F)CC(F)(F)F)c1. The van der Waals surface area contributed by atoms with Gasteiger partial charge in [-0.2, -0.15) is 61.5 Å². The van der Waals surface area contributed by atoms with Crippen molar-refractivity contribution < 1.29 is 79.7 Å². The van der Waals surface area contributed by atoms with Crippen molar-refractivity contribution in [3.63, 3.8) is 0 Å². The Morgan fingerprint density at radius 2 is 0.857 bits per heavy atom. The maximum Gasteiger partial charge on any atom is 0.467 e. The van der Waals surface area contributed by atoms with Crippen LogP contribution in [0.1, 0.15) is 12.8 Å². The van der Waals surface area contributed by atoms with Crippen LogP contribution in [-0.2, 0) is 0 Å². The van der Waals surface area contributed by atoms with Gasteiger partial charge in [-0.15, -0.1) is 0 Å². The molecule has 204 valence electrons. The highest BCUT2D eigenvalue weighted by molar-refractivity contribution is 6.30. The fourth-order valence-electron chi connectivity index (χ4n) is 2.11. The largest absolute Gasteiger partial charge is 0.467 e. The third-order valence-corrected chi connectivity index (χ3v) is 3.94. The number of benzene rings is 1. The standard InChI is InChI=1S/C16H9ClF16O2/c17-6-1-7(34-15(30,31)13(26,27)9(18)4-11(20,21)22)3-8(2-6)35-16(32,33)14(28,29)10(19)5-12(23,24)25/h1-3,9-10H,4-5H2. The van der Waals surface area contributed by atoms with Gasteiger partial charge < -0.3 is 9.47 Å². The van der Waals surface area contributed by atoms with E-state index in [1.165, 1.54) is 0 Å². The Morgan fingerprint density at radius 3 is 1.11 bits per heavy atom. The van der Waals surface area contributed by atoms with E-state index in [2.05, 4.69) is 9.47 Å². The van der Waals surface area contributed by atoms with Crippen molar-refractivity contribution in [1.82, 2.24) is 0 Å². The number of ether oxygens (including phenoxy) is 2. The highest BCUT2D eigenvalue weighted by atomic mass is 35.5. The molecule has 0 spiro atoms. The van der Waals surface area contributed by atoms with Gasteiger partial charge >= 0.3 is 36.4 Å². The topological polar surface area (TPSA) is 18.5 Å². The minimum absolute atomic E-state index is 0.0906. The quantitative estimate of drug-likeness (QED) is 0.264. The first-order valence-corrected chi connectivity index (χ1v) is 8.80. The van der Waals surface area contributed by atoms with Crippen molar-refractivity contribution in [2.24, 2.45) is 0 Å². The molecule has 0 radical (unpaired) electrons. The second-order valence-corrected chi connectivity index (χ2v) is 7.12. The van der Waals surface area contributed by atoms with Gasteiger partial charge in [-0.05, 0) is 12.1 Å². The molecule has 1 rings (SSSR count). The van der Waals surface area contributed by atoms with Crippen LogP contribution in [0.5, 0.6) is 11.5 Å². The minimum atomic E-state index is -6.19. The number of hydrogen-bond donors (Lipinski definition) is 0. The molecule has 0 aromatic heterocycles. The van der Waals surface area contributed by atoms with E-state index in [0.717, 1.165) is 0 Å². The van der Waals surface area contributed by atoms with Gasteiger partial charge in [-0.25, -0.2) is 8.78 Å². The predicted octanol–water partition coefficient (Wildman–Crippen LogP) is 8.13. The lowest BCUT2D eigenvalue weighted by atomic mass is 10.1. The van der Waals surface area contributed by atoms with E-state index >= 15 is 0 Å². The van der Waals surface area contributed by atoms with Crippen molar-refractivity contribution in [3.05, 3.63) is 23.2 Å². The van der Waals surface area contributed by atoms with Crippen molar-refractivity contribution in [3.8, 4) is 11.5 Å². The summed E-state index contributed by atoms with van der Waals surface area (Å²) in [5.41, 5.74) is 0. The first-order valence-electron chi connectivity index (χ1n) is 8.42. The fraction of sp³-hybridized carbons (Fsp3) is 0.625. The molecule has 2 atom stereocenters. The van der Waals surface area contributed by atoms with Gasteiger partial charge in [-0.1, -0.05) is 11.6 Å². The van der Waals surface area contributed by atoms with E-state index in [0.29, 0.717) is 0 Å². The number of hydrogen-bond acceptors (Lipinski definition) is 2. The Morgan fingerprint density at radius 1 is 0.571 bits per heavy atom. The molecule has 1 aromatic carbocycles. The summed E-state index contributed by atoms with van der Waals surface area (Å²) in [7, 11) is 0. The molecular weight excluding hydrogens is 564 g/mol. The second-order valence-electron chi connectivity index (χ2n) is 6.68. The van der Waals surface area contributed by atoms with Crippen LogP contribution in [0.25, 0.3) is 0 Å². The lowest BCUT2D eigenvalue weighted by Gasteiger charge is -2.30. The zero-order valence-electron chi connectivity index (χ0n) is 16.0. The summed E-state index contributed by atoms with van der Waals surface area (Å²) in [6, 6.07) is -0.131. The molecule has 0 saturated heterocycles. The Balaban J connectivity index is 3.20. The molecule has 2 unspecified atom stereocenters. The van der Waals surface area contributed by atoms with E-state index in [-0.39, 0.29) is 18.2 Å². The summed E-state index contributed by atoms with van der Waals surface area (Å²) >= 11 is 5.27. The number of alkyl halides is 16. The van der Waals surface area contributed by atoms with Gasteiger partial charge in [0.05, 0.1) is 12.8 Å². The summed E-state index contributed by atoms with van der Waals surface area (Å²) in [5, 5.41) is -1.07. The minimum Gasteiger partial charge on any atom is -0.428 e. The van der Waals surface area contributed by atoms with Crippen molar-refractivity contribution in [2.45, 2.75) is 61.6 Å². The van der Waals surface area contributed by atoms with Crippen molar-refractivity contribution in [1.29, 1.82) is 0 Å². The number of rotatable bonds is 10. The van der Waals surface area contributed by atoms with E-state index < -0.39 is 78.1 Å². The second kappa shape index (κ2) is 9.80. The Bertz CT molecular complexity index is 800. The summed E-state index contributed by atoms with van der Waals surface area (Å²) < 4.78 is 214. The van der Waals surface area contributed by atoms with Crippen LogP contribution in [0, 0.1) is 0 Å². The molecule has 19 heteroatoms. The van der Waals surface area contributed by atoms with Crippen LogP contribution in [0.4, 0.5) is 70.2 Å². The maximum absolute atomic E-state index is 13.7. The third kappa shape index (κ3) is 7.99. The molecule has 0 fully saturated rings. The van der Waals surface area contributed by atoms with Crippen molar-refractivity contribution in [2.75, 3.05) is 0 Å². The Labute approximate surface area is 188 Å². The molecule has 0 N–H and O–H groups in total. The van der Waals surface area contributed by atoms with E-state index in [1.54, 1.807) is 0 Å². The lowest BCUT2D eigenvalue weighted by Crippen LogP contribution is -2.53. The lowest BCUT2D eigenvalue weighted by molar-refractivity contribution is -0.335. The highest BCUT2D eigenvalue weighted by Crippen LogP contribution is 2.46. The zero-order chi connectivity index (χ0) is 27.8. The molecule has 2 nitrogen and oxygen atoms in total. The van der Waals surface area contributed by atoms with Crippen molar-refractivity contribution >= 4 is 11.6 Å². The van der Waals surface area contributed by atoms with Crippen LogP contribution in [0.15, 0.2) is 18.2 Å². The van der Waals surface area contributed by atoms with Crippen LogP contribution in [0.3, 0.4) is 0 Å². The highest BCUT2D eigenvalue weighted by Gasteiger charge is 2.67. The van der Waals surface area contributed by atoms with Crippen LogP contribution in [0.2, 0.25) is 5.02 Å². The molecule has 35 heavy (non-hydrogen) atoms. The summed E-state index contributed by atoms with van der Waals surface area (Å²) in [5.74, 6) is -15.9. The molecule has 0 aliphatic rings. The molecule has 0 amide bonds. The molecule has 0 bridgehead atoms. The average Bonchev–Trinajstić information content (AvgIpc) is 2.56. The normalized spacial score (nSPS) is 16.1. The maximum atomic E-state index is 13.7. The summed E-state index contributed by atoms with van der Waals surface area (Å²) in [6.07, 6.45) is -38.9. The van der Waals surface area contributed by atoms with Crippen LogP contribution < -0.4 is 9.47 Å². The first-order chi connectivity index (χ1) is 15.3. The molecule has 0 aliphatic carbocycles. The molecule has 0 heterocycles. The average molecular weight is 573 g/mol. The van der Waals surface area contributed by atoms with E-state index in [9.17, 15) is 70.2 Å². The van der Waals surface area contributed by atoms with Gasteiger partial charge in [0.2, 0.25) is 0 Å². The smallest absolute Gasteiger partial charge is 0.428 e. The monoisotopic (exact) mass is 572 g/mol. The van der Waals surface area contributed by atoms with Crippen LogP contribution in [-0.4, -0.2) is 48.8 Å². The van der Waals surface area contributed by atoms with Gasteiger partial charge in [0.15, 0.2) is 12.3 Å². The fourth-order valence-corrected chi connectivity index (χ4v) is 2.33. The van der Waals surface area contributed by atoms with E-state index in [1.807, 2.05) is 0 Å². The molecule has 0 saturated carbocycles. The Hall–Kier alpha value is -2.01. The van der Waals surface area contributed by atoms with Gasteiger partial charge in [-0.3, -0.25) is 0 Å². The summed E-state index contributed by atoms with van der Waals surface area (Å²) in [6.45, 7) is 0. The Kier molecular flexibility index (Phi) is 8.69. The number of halogens is 17. The molecular formula is C16H9ClF16O2. The van der Waals surface area contributed by atoms with Gasteiger partial charge in [0.25, 0.3) is 0 Å². The predicted molar refractivity (Wildman–Crippen MR) is 83.6 cm³/mol. The zero-order valence-corrected chi connectivity index (χ0v) is 16.8.